The minimum atomic E-state index is -0.537. The lowest BCUT2D eigenvalue weighted by Crippen LogP contribution is -2.45. The fourth-order valence-corrected chi connectivity index (χ4v) is 3.98. The highest BCUT2D eigenvalue weighted by molar-refractivity contribution is 6.35. The van der Waals surface area contributed by atoms with E-state index in [1.807, 2.05) is 14.1 Å². The summed E-state index contributed by atoms with van der Waals surface area (Å²) < 4.78 is 0. The Morgan fingerprint density at radius 1 is 1.23 bits per heavy atom. The Morgan fingerprint density at radius 2 is 1.96 bits per heavy atom. The Kier molecular flexibility index (Phi) is 5.81. The molecule has 0 aromatic heterocycles. The topological polar surface area (TPSA) is 64.7 Å². The molecule has 1 aromatic carbocycles. The number of fused-ring (bicyclic) bond motifs is 1. The van der Waals surface area contributed by atoms with Crippen LogP contribution in [0, 0.1) is 0 Å². The van der Waals surface area contributed by atoms with Crippen molar-refractivity contribution in [3.63, 3.8) is 0 Å². The Morgan fingerprint density at radius 3 is 2.65 bits per heavy atom. The van der Waals surface area contributed by atoms with Gasteiger partial charge in [0.25, 0.3) is 0 Å². The van der Waals surface area contributed by atoms with E-state index in [2.05, 4.69) is 45.7 Å². The van der Waals surface area contributed by atoms with Gasteiger partial charge in [-0.05, 0) is 50.6 Å². The van der Waals surface area contributed by atoms with Crippen molar-refractivity contribution in [3.05, 3.63) is 29.3 Å². The molecule has 0 saturated heterocycles. The molecule has 6 heteroatoms. The number of likely N-dealkylation sites (N-methyl/N-ethyl adjacent to an activating group) is 2. The Balaban J connectivity index is 1.60. The molecule has 1 aliphatic carbocycles. The largest absolute Gasteiger partial charge is 0.374 e. The first kappa shape index (κ1) is 18.7. The molecule has 1 fully saturated rings. The fourth-order valence-electron chi connectivity index (χ4n) is 3.98. The summed E-state index contributed by atoms with van der Waals surface area (Å²) in [7, 11) is 6.10. The van der Waals surface area contributed by atoms with E-state index >= 15 is 0 Å². The van der Waals surface area contributed by atoms with Gasteiger partial charge < -0.3 is 20.4 Å². The maximum absolute atomic E-state index is 12.2. The van der Waals surface area contributed by atoms with Crippen LogP contribution in [0.25, 0.3) is 0 Å². The molecule has 0 radical (unpaired) electrons. The van der Waals surface area contributed by atoms with E-state index in [1.165, 1.54) is 16.8 Å². The number of carbonyl (C=O) groups is 2. The van der Waals surface area contributed by atoms with Crippen LogP contribution in [-0.4, -0.2) is 57.0 Å². The number of amides is 2. The number of hydrogen-bond acceptors (Lipinski definition) is 4. The zero-order valence-corrected chi connectivity index (χ0v) is 16.0. The van der Waals surface area contributed by atoms with E-state index in [-0.39, 0.29) is 12.1 Å². The standard InChI is InChI=1S/C20H30N4O2/c1-23(2)18(14-8-9-17-15(12-14)10-11-24(17)3)13-21-19(25)20(26)22-16-6-4-5-7-16/h8-9,12,16,18H,4-7,10-11,13H2,1-3H3,(H,21,25)(H,22,26). The summed E-state index contributed by atoms with van der Waals surface area (Å²) in [4.78, 5) is 28.6. The molecule has 142 valence electrons. The van der Waals surface area contributed by atoms with Crippen molar-refractivity contribution in [2.75, 3.05) is 39.1 Å². The molecule has 2 N–H and O–H groups in total. The van der Waals surface area contributed by atoms with E-state index in [0.717, 1.165) is 38.6 Å². The quantitative estimate of drug-likeness (QED) is 0.782. The van der Waals surface area contributed by atoms with Gasteiger partial charge in [0.2, 0.25) is 0 Å². The molecular formula is C20H30N4O2. The van der Waals surface area contributed by atoms with Crippen molar-refractivity contribution in [3.8, 4) is 0 Å². The molecular weight excluding hydrogens is 328 g/mol. The molecule has 1 heterocycles. The summed E-state index contributed by atoms with van der Waals surface area (Å²) in [5.74, 6) is -1.05. The fraction of sp³-hybridized carbons (Fsp3) is 0.600. The van der Waals surface area contributed by atoms with Gasteiger partial charge in [0, 0.05) is 31.9 Å². The van der Waals surface area contributed by atoms with E-state index in [4.69, 9.17) is 0 Å². The van der Waals surface area contributed by atoms with Crippen molar-refractivity contribution < 1.29 is 9.59 Å². The first-order valence-electron chi connectivity index (χ1n) is 9.55. The van der Waals surface area contributed by atoms with E-state index in [0.29, 0.717) is 6.54 Å². The summed E-state index contributed by atoms with van der Waals surface area (Å²) in [6.45, 7) is 1.46. The molecule has 0 spiro atoms. The van der Waals surface area contributed by atoms with Crippen molar-refractivity contribution in [2.24, 2.45) is 0 Å². The van der Waals surface area contributed by atoms with Gasteiger partial charge >= 0.3 is 11.8 Å². The van der Waals surface area contributed by atoms with Gasteiger partial charge in [-0.2, -0.15) is 0 Å². The Labute approximate surface area is 155 Å². The molecule has 26 heavy (non-hydrogen) atoms. The number of nitrogens with zero attached hydrogens (tertiary/aromatic N) is 2. The second-order valence-corrected chi connectivity index (χ2v) is 7.70. The number of benzene rings is 1. The SMILES string of the molecule is CN1CCc2cc(C(CNC(=O)C(=O)NC3CCCC3)N(C)C)ccc21. The van der Waals surface area contributed by atoms with Crippen LogP contribution in [0.5, 0.6) is 0 Å². The van der Waals surface area contributed by atoms with E-state index in [9.17, 15) is 9.59 Å². The number of rotatable bonds is 5. The summed E-state index contributed by atoms with van der Waals surface area (Å²) in [6.07, 6.45) is 5.26. The third kappa shape index (κ3) is 4.18. The van der Waals surface area contributed by atoms with Crippen LogP contribution in [0.2, 0.25) is 0 Å². The van der Waals surface area contributed by atoms with Crippen LogP contribution < -0.4 is 15.5 Å². The van der Waals surface area contributed by atoms with Gasteiger partial charge in [-0.3, -0.25) is 9.59 Å². The number of nitrogens with one attached hydrogen (secondary N) is 2. The minimum absolute atomic E-state index is 0.0365. The van der Waals surface area contributed by atoms with Crippen molar-refractivity contribution in [1.29, 1.82) is 0 Å². The first-order valence-corrected chi connectivity index (χ1v) is 9.55. The maximum Gasteiger partial charge on any atom is 0.309 e. The minimum Gasteiger partial charge on any atom is -0.374 e. The van der Waals surface area contributed by atoms with Crippen molar-refractivity contribution >= 4 is 17.5 Å². The van der Waals surface area contributed by atoms with Crippen LogP contribution in [0.1, 0.15) is 42.9 Å². The lowest BCUT2D eigenvalue weighted by atomic mass is 10.0. The predicted octanol–water partition coefficient (Wildman–Crippen LogP) is 1.46. The molecule has 0 bridgehead atoms. The predicted molar refractivity (Wildman–Crippen MR) is 103 cm³/mol. The smallest absolute Gasteiger partial charge is 0.309 e. The lowest BCUT2D eigenvalue weighted by molar-refractivity contribution is -0.139. The highest BCUT2D eigenvalue weighted by atomic mass is 16.2. The second kappa shape index (κ2) is 8.08. The molecule has 1 aliphatic heterocycles. The number of anilines is 1. The monoisotopic (exact) mass is 358 g/mol. The van der Waals surface area contributed by atoms with E-state index in [1.54, 1.807) is 0 Å². The molecule has 6 nitrogen and oxygen atoms in total. The molecule has 1 unspecified atom stereocenters. The average Bonchev–Trinajstić information content (AvgIpc) is 3.24. The van der Waals surface area contributed by atoms with Crippen LogP contribution in [0.4, 0.5) is 5.69 Å². The zero-order chi connectivity index (χ0) is 18.7. The van der Waals surface area contributed by atoms with Crippen LogP contribution in [0.15, 0.2) is 18.2 Å². The first-order chi connectivity index (χ1) is 12.5. The summed E-state index contributed by atoms with van der Waals surface area (Å²) in [6, 6.07) is 6.70. The molecule has 2 amide bonds. The highest BCUT2D eigenvalue weighted by Crippen LogP contribution is 2.30. The van der Waals surface area contributed by atoms with Crippen molar-refractivity contribution in [2.45, 2.75) is 44.2 Å². The van der Waals surface area contributed by atoms with Gasteiger partial charge in [0.1, 0.15) is 0 Å². The third-order valence-electron chi connectivity index (χ3n) is 5.59. The van der Waals surface area contributed by atoms with Gasteiger partial charge in [0.05, 0.1) is 6.04 Å². The summed E-state index contributed by atoms with van der Waals surface area (Å²) >= 11 is 0. The summed E-state index contributed by atoms with van der Waals surface area (Å²) in [5, 5.41) is 5.65. The summed E-state index contributed by atoms with van der Waals surface area (Å²) in [5.41, 5.74) is 3.80. The molecule has 1 aromatic rings. The maximum atomic E-state index is 12.2. The van der Waals surface area contributed by atoms with Crippen molar-refractivity contribution in [1.82, 2.24) is 15.5 Å². The average molecular weight is 358 g/mol. The van der Waals surface area contributed by atoms with Crippen LogP contribution in [0.3, 0.4) is 0 Å². The van der Waals surface area contributed by atoms with Gasteiger partial charge in [-0.25, -0.2) is 0 Å². The lowest BCUT2D eigenvalue weighted by Gasteiger charge is -2.26. The molecule has 2 aliphatic rings. The Bertz CT molecular complexity index is 668. The van der Waals surface area contributed by atoms with Gasteiger partial charge in [-0.1, -0.05) is 25.0 Å². The third-order valence-corrected chi connectivity index (χ3v) is 5.59. The highest BCUT2D eigenvalue weighted by Gasteiger charge is 2.24. The number of carbonyl (C=O) groups excluding carboxylic acids is 2. The van der Waals surface area contributed by atoms with Gasteiger partial charge in [0.15, 0.2) is 0 Å². The van der Waals surface area contributed by atoms with Crippen LogP contribution >= 0.6 is 0 Å². The molecule has 3 rings (SSSR count). The number of hydrogen-bond donors (Lipinski definition) is 2. The zero-order valence-electron chi connectivity index (χ0n) is 16.0. The normalized spacial score (nSPS) is 18.1. The Hall–Kier alpha value is -2.08. The van der Waals surface area contributed by atoms with Gasteiger partial charge in [-0.15, -0.1) is 0 Å². The molecule has 1 saturated carbocycles. The second-order valence-electron chi connectivity index (χ2n) is 7.70. The van der Waals surface area contributed by atoms with Crippen LogP contribution in [-0.2, 0) is 16.0 Å². The molecule has 1 atom stereocenters. The van der Waals surface area contributed by atoms with E-state index < -0.39 is 11.8 Å².